The second kappa shape index (κ2) is 7.36. The summed E-state index contributed by atoms with van der Waals surface area (Å²) < 4.78 is 10.8. The van der Waals surface area contributed by atoms with E-state index < -0.39 is 0 Å². The lowest BCUT2D eigenvalue weighted by molar-refractivity contribution is 0.0374. The van der Waals surface area contributed by atoms with Gasteiger partial charge in [0.25, 0.3) is 0 Å². The molecule has 0 aliphatic carbocycles. The predicted molar refractivity (Wildman–Crippen MR) is 74.9 cm³/mol. The number of ether oxygens (including phenoxy) is 2. The summed E-state index contributed by atoms with van der Waals surface area (Å²) in [6.45, 7) is 7.39. The number of hydrogen-bond donors (Lipinski definition) is 1. The van der Waals surface area contributed by atoms with Crippen molar-refractivity contribution in [2.75, 3.05) is 39.5 Å². The van der Waals surface area contributed by atoms with E-state index in [0.717, 1.165) is 57.0 Å². The molecule has 1 heterocycles. The van der Waals surface area contributed by atoms with Crippen molar-refractivity contribution in [2.24, 2.45) is 0 Å². The molecular weight excluding hydrogens is 242 g/mol. The van der Waals surface area contributed by atoms with Gasteiger partial charge in [0, 0.05) is 13.1 Å². The zero-order valence-corrected chi connectivity index (χ0v) is 11.6. The number of phenols is 1. The average Bonchev–Trinajstić information content (AvgIpc) is 2.44. The first-order valence-electron chi connectivity index (χ1n) is 7.04. The van der Waals surface area contributed by atoms with Crippen molar-refractivity contribution in [3.63, 3.8) is 0 Å². The van der Waals surface area contributed by atoms with Gasteiger partial charge in [0.05, 0.1) is 19.8 Å². The lowest BCUT2D eigenvalue weighted by atomic mass is 10.1. The highest BCUT2D eigenvalue weighted by atomic mass is 16.5. The largest absolute Gasteiger partial charge is 0.508 e. The number of nitrogens with zero attached hydrogens (tertiary/aromatic N) is 1. The first-order chi connectivity index (χ1) is 9.29. The Balaban J connectivity index is 1.82. The fraction of sp³-hybridized carbons (Fsp3) is 0.600. The Hall–Kier alpha value is -1.26. The van der Waals surface area contributed by atoms with Gasteiger partial charge in [-0.2, -0.15) is 0 Å². The molecule has 0 atom stereocenters. The highest BCUT2D eigenvalue weighted by Crippen LogP contribution is 2.24. The van der Waals surface area contributed by atoms with Gasteiger partial charge >= 0.3 is 0 Å². The third-order valence-electron chi connectivity index (χ3n) is 3.39. The lowest BCUT2D eigenvalue weighted by Gasteiger charge is -2.26. The quantitative estimate of drug-likeness (QED) is 0.855. The van der Waals surface area contributed by atoms with E-state index in [-0.39, 0.29) is 0 Å². The van der Waals surface area contributed by atoms with Crippen molar-refractivity contribution in [1.29, 1.82) is 0 Å². The van der Waals surface area contributed by atoms with Crippen molar-refractivity contribution in [3.8, 4) is 11.5 Å². The van der Waals surface area contributed by atoms with Crippen LogP contribution >= 0.6 is 0 Å². The minimum atomic E-state index is 0.366. The number of aromatic hydroxyl groups is 1. The lowest BCUT2D eigenvalue weighted by Crippen LogP contribution is -2.36. The number of hydrogen-bond acceptors (Lipinski definition) is 4. The Labute approximate surface area is 114 Å². The fourth-order valence-corrected chi connectivity index (χ4v) is 2.34. The molecule has 1 aliphatic rings. The summed E-state index contributed by atoms with van der Waals surface area (Å²) in [5.41, 5.74) is 0.971. The first-order valence-corrected chi connectivity index (χ1v) is 7.04. The van der Waals surface area contributed by atoms with Crippen LogP contribution in [0.2, 0.25) is 0 Å². The smallest absolute Gasteiger partial charge is 0.119 e. The highest BCUT2D eigenvalue weighted by molar-refractivity contribution is 5.39. The summed E-state index contributed by atoms with van der Waals surface area (Å²) in [5, 5.41) is 9.85. The monoisotopic (exact) mass is 265 g/mol. The number of phenolic OH excluding ortho intramolecular Hbond substituents is 1. The minimum absolute atomic E-state index is 0.366. The van der Waals surface area contributed by atoms with Crippen LogP contribution in [0, 0.1) is 0 Å². The molecule has 1 aromatic carbocycles. The van der Waals surface area contributed by atoms with E-state index in [9.17, 15) is 5.11 Å². The number of rotatable bonds is 6. The van der Waals surface area contributed by atoms with Gasteiger partial charge in [0.2, 0.25) is 0 Å². The van der Waals surface area contributed by atoms with E-state index >= 15 is 0 Å². The average molecular weight is 265 g/mol. The second-order valence-corrected chi connectivity index (χ2v) is 4.78. The van der Waals surface area contributed by atoms with Crippen molar-refractivity contribution < 1.29 is 14.6 Å². The molecule has 4 nitrogen and oxygen atoms in total. The Morgan fingerprint density at radius 2 is 2.11 bits per heavy atom. The van der Waals surface area contributed by atoms with Crippen LogP contribution in [-0.4, -0.2) is 49.5 Å². The van der Waals surface area contributed by atoms with E-state index in [1.807, 2.05) is 19.1 Å². The van der Waals surface area contributed by atoms with E-state index in [2.05, 4.69) is 4.90 Å². The third-order valence-corrected chi connectivity index (χ3v) is 3.39. The molecule has 0 spiro atoms. The van der Waals surface area contributed by atoms with Gasteiger partial charge in [-0.3, -0.25) is 4.90 Å². The Morgan fingerprint density at radius 3 is 2.84 bits per heavy atom. The Kier molecular flexibility index (Phi) is 5.48. The van der Waals surface area contributed by atoms with Crippen LogP contribution in [0.1, 0.15) is 18.9 Å². The fourth-order valence-electron chi connectivity index (χ4n) is 2.34. The van der Waals surface area contributed by atoms with E-state index in [1.165, 1.54) is 0 Å². The molecule has 106 valence electrons. The van der Waals surface area contributed by atoms with Gasteiger partial charge in [-0.15, -0.1) is 0 Å². The summed E-state index contributed by atoms with van der Waals surface area (Å²) in [6.07, 6.45) is 1.92. The summed E-state index contributed by atoms with van der Waals surface area (Å²) in [7, 11) is 0. The van der Waals surface area contributed by atoms with Crippen molar-refractivity contribution in [3.05, 3.63) is 23.8 Å². The molecule has 1 aliphatic heterocycles. The molecule has 0 unspecified atom stereocenters. The summed E-state index contributed by atoms with van der Waals surface area (Å²) >= 11 is 0. The third kappa shape index (κ3) is 4.40. The molecule has 1 saturated heterocycles. The van der Waals surface area contributed by atoms with Gasteiger partial charge in [-0.1, -0.05) is 0 Å². The first kappa shape index (κ1) is 14.2. The maximum absolute atomic E-state index is 9.85. The Morgan fingerprint density at radius 1 is 1.32 bits per heavy atom. The van der Waals surface area contributed by atoms with E-state index in [0.29, 0.717) is 12.4 Å². The number of benzene rings is 1. The normalized spacial score (nSPS) is 16.5. The molecule has 0 amide bonds. The van der Waals surface area contributed by atoms with Crippen LogP contribution in [0.5, 0.6) is 11.5 Å². The van der Waals surface area contributed by atoms with Gasteiger partial charge in [0.15, 0.2) is 0 Å². The molecular formula is C15H23NO3. The molecule has 4 heteroatoms. The van der Waals surface area contributed by atoms with Crippen LogP contribution in [0.4, 0.5) is 0 Å². The SMILES string of the molecule is CCOc1ccc(O)c(CCCN2CCOCC2)c1. The maximum Gasteiger partial charge on any atom is 0.119 e. The highest BCUT2D eigenvalue weighted by Gasteiger charge is 2.10. The van der Waals surface area contributed by atoms with Crippen LogP contribution in [0.15, 0.2) is 18.2 Å². The zero-order chi connectivity index (χ0) is 13.5. The van der Waals surface area contributed by atoms with Crippen molar-refractivity contribution >= 4 is 0 Å². The zero-order valence-electron chi connectivity index (χ0n) is 11.6. The predicted octanol–water partition coefficient (Wildman–Crippen LogP) is 2.06. The van der Waals surface area contributed by atoms with Crippen LogP contribution in [-0.2, 0) is 11.2 Å². The Bertz CT molecular complexity index is 389. The molecule has 0 radical (unpaired) electrons. The van der Waals surface area contributed by atoms with Crippen molar-refractivity contribution in [2.45, 2.75) is 19.8 Å². The van der Waals surface area contributed by atoms with Crippen LogP contribution in [0.25, 0.3) is 0 Å². The topological polar surface area (TPSA) is 41.9 Å². The van der Waals surface area contributed by atoms with Gasteiger partial charge in [-0.25, -0.2) is 0 Å². The molecule has 1 N–H and O–H groups in total. The molecule has 2 rings (SSSR count). The van der Waals surface area contributed by atoms with Crippen LogP contribution < -0.4 is 4.74 Å². The summed E-state index contributed by atoms with van der Waals surface area (Å²) in [5.74, 6) is 1.20. The van der Waals surface area contributed by atoms with Gasteiger partial charge in [-0.05, 0) is 50.1 Å². The second-order valence-electron chi connectivity index (χ2n) is 4.78. The molecule has 0 aromatic heterocycles. The number of morpholine rings is 1. The number of aryl methyl sites for hydroxylation is 1. The van der Waals surface area contributed by atoms with Crippen LogP contribution in [0.3, 0.4) is 0 Å². The standard InChI is InChI=1S/C15H23NO3/c1-2-19-14-5-6-15(17)13(12-14)4-3-7-16-8-10-18-11-9-16/h5-6,12,17H,2-4,7-11H2,1H3. The van der Waals surface area contributed by atoms with E-state index in [1.54, 1.807) is 6.07 Å². The molecule has 0 saturated carbocycles. The summed E-state index contributed by atoms with van der Waals surface area (Å²) in [4.78, 5) is 2.41. The maximum atomic E-state index is 9.85. The van der Waals surface area contributed by atoms with Gasteiger partial charge < -0.3 is 14.6 Å². The molecule has 1 fully saturated rings. The molecule has 1 aromatic rings. The molecule has 19 heavy (non-hydrogen) atoms. The summed E-state index contributed by atoms with van der Waals surface area (Å²) in [6, 6.07) is 5.47. The minimum Gasteiger partial charge on any atom is -0.508 e. The van der Waals surface area contributed by atoms with E-state index in [4.69, 9.17) is 9.47 Å². The van der Waals surface area contributed by atoms with Crippen molar-refractivity contribution in [1.82, 2.24) is 4.90 Å². The molecule has 0 bridgehead atoms. The van der Waals surface area contributed by atoms with Gasteiger partial charge in [0.1, 0.15) is 11.5 Å².